The van der Waals surface area contributed by atoms with Gasteiger partial charge in [0.05, 0.1) is 0 Å². The summed E-state index contributed by atoms with van der Waals surface area (Å²) in [5.74, 6) is 0.817. The monoisotopic (exact) mass is 274 g/mol. The standard InChI is InChI=1S/C18H30N2/c1-14(2)19-11-18-6-5-9-20(13-18)12-17-8-7-15(3)16(4)10-17/h7-8,10,14,18-19H,5-6,9,11-13H2,1-4H3. The van der Waals surface area contributed by atoms with Gasteiger partial charge in [0.2, 0.25) is 0 Å². The first kappa shape index (κ1) is 15.5. The van der Waals surface area contributed by atoms with Crippen LogP contribution in [0.5, 0.6) is 0 Å². The molecule has 2 rings (SSSR count). The summed E-state index contributed by atoms with van der Waals surface area (Å²) in [6.07, 6.45) is 2.72. The van der Waals surface area contributed by atoms with Gasteiger partial charge in [0.25, 0.3) is 0 Å². The fourth-order valence-corrected chi connectivity index (χ4v) is 3.02. The van der Waals surface area contributed by atoms with Crippen molar-refractivity contribution in [2.45, 2.75) is 53.1 Å². The molecular weight excluding hydrogens is 244 g/mol. The highest BCUT2D eigenvalue weighted by molar-refractivity contribution is 5.29. The zero-order valence-corrected chi connectivity index (χ0v) is 13.6. The second kappa shape index (κ2) is 7.24. The van der Waals surface area contributed by atoms with Crippen molar-refractivity contribution in [2.24, 2.45) is 5.92 Å². The molecule has 1 unspecified atom stereocenters. The zero-order chi connectivity index (χ0) is 14.5. The van der Waals surface area contributed by atoms with E-state index in [1.54, 1.807) is 0 Å². The summed E-state index contributed by atoms with van der Waals surface area (Å²) in [6.45, 7) is 13.6. The molecule has 0 bridgehead atoms. The van der Waals surface area contributed by atoms with Crippen molar-refractivity contribution in [3.8, 4) is 0 Å². The molecule has 20 heavy (non-hydrogen) atoms. The van der Waals surface area contributed by atoms with Gasteiger partial charge in [-0.3, -0.25) is 4.90 Å². The molecule has 1 aromatic carbocycles. The second-order valence-electron chi connectivity index (χ2n) is 6.72. The molecule has 2 nitrogen and oxygen atoms in total. The lowest BCUT2D eigenvalue weighted by atomic mass is 9.97. The molecule has 112 valence electrons. The fourth-order valence-electron chi connectivity index (χ4n) is 3.02. The van der Waals surface area contributed by atoms with Crippen LogP contribution in [0.1, 0.15) is 43.4 Å². The number of nitrogens with one attached hydrogen (secondary N) is 1. The van der Waals surface area contributed by atoms with Crippen molar-refractivity contribution in [3.05, 3.63) is 34.9 Å². The number of hydrogen-bond donors (Lipinski definition) is 1. The van der Waals surface area contributed by atoms with Crippen molar-refractivity contribution >= 4 is 0 Å². The third-order valence-electron chi connectivity index (χ3n) is 4.40. The van der Waals surface area contributed by atoms with Gasteiger partial charge in [0, 0.05) is 19.1 Å². The predicted octanol–water partition coefficient (Wildman–Crippen LogP) is 3.51. The maximum atomic E-state index is 3.59. The van der Waals surface area contributed by atoms with Crippen LogP contribution in [0.2, 0.25) is 0 Å². The smallest absolute Gasteiger partial charge is 0.0233 e. The van der Waals surface area contributed by atoms with Crippen molar-refractivity contribution in [1.29, 1.82) is 0 Å². The Hall–Kier alpha value is -0.860. The van der Waals surface area contributed by atoms with Gasteiger partial charge in [-0.15, -0.1) is 0 Å². The molecule has 1 atom stereocenters. The van der Waals surface area contributed by atoms with Crippen LogP contribution in [-0.2, 0) is 6.54 Å². The number of piperidine rings is 1. The van der Waals surface area contributed by atoms with Crippen LogP contribution in [0.4, 0.5) is 0 Å². The molecule has 1 aromatic rings. The minimum Gasteiger partial charge on any atom is -0.314 e. The van der Waals surface area contributed by atoms with E-state index in [2.05, 4.69) is 56.1 Å². The number of nitrogens with zero attached hydrogens (tertiary/aromatic N) is 1. The summed E-state index contributed by atoms with van der Waals surface area (Å²) < 4.78 is 0. The SMILES string of the molecule is Cc1ccc(CN2CCCC(CNC(C)C)C2)cc1C. The summed E-state index contributed by atoms with van der Waals surface area (Å²) in [4.78, 5) is 2.63. The Balaban J connectivity index is 1.87. The normalized spacial score (nSPS) is 20.6. The van der Waals surface area contributed by atoms with Crippen LogP contribution < -0.4 is 5.32 Å². The molecule has 0 radical (unpaired) electrons. The Labute approximate surface area is 124 Å². The van der Waals surface area contributed by atoms with E-state index in [-0.39, 0.29) is 0 Å². The van der Waals surface area contributed by atoms with Crippen molar-refractivity contribution < 1.29 is 0 Å². The lowest BCUT2D eigenvalue weighted by Crippen LogP contribution is -2.40. The maximum absolute atomic E-state index is 3.59. The van der Waals surface area contributed by atoms with Crippen molar-refractivity contribution in [3.63, 3.8) is 0 Å². The van der Waals surface area contributed by atoms with Crippen molar-refractivity contribution in [2.75, 3.05) is 19.6 Å². The number of likely N-dealkylation sites (tertiary alicyclic amines) is 1. The summed E-state index contributed by atoms with van der Waals surface area (Å²) in [6, 6.07) is 7.50. The highest BCUT2D eigenvalue weighted by atomic mass is 15.1. The molecule has 1 saturated heterocycles. The summed E-state index contributed by atoms with van der Waals surface area (Å²) in [5, 5.41) is 3.59. The Morgan fingerprint density at radius 1 is 1.25 bits per heavy atom. The van der Waals surface area contributed by atoms with E-state index < -0.39 is 0 Å². The molecule has 0 aromatic heterocycles. The van der Waals surface area contributed by atoms with Gasteiger partial charge in [-0.05, 0) is 62.4 Å². The Bertz CT molecular complexity index is 425. The van der Waals surface area contributed by atoms with E-state index in [4.69, 9.17) is 0 Å². The molecule has 1 fully saturated rings. The molecule has 0 saturated carbocycles. The average molecular weight is 274 g/mol. The highest BCUT2D eigenvalue weighted by Gasteiger charge is 2.19. The first-order valence-electron chi connectivity index (χ1n) is 8.06. The fraction of sp³-hybridized carbons (Fsp3) is 0.667. The molecule has 0 amide bonds. The van der Waals surface area contributed by atoms with E-state index in [0.717, 1.165) is 12.5 Å². The molecule has 1 heterocycles. The first-order chi connectivity index (χ1) is 9.54. The number of rotatable bonds is 5. The van der Waals surface area contributed by atoms with E-state index in [1.165, 1.54) is 49.2 Å². The summed E-state index contributed by atoms with van der Waals surface area (Å²) >= 11 is 0. The van der Waals surface area contributed by atoms with Crippen LogP contribution >= 0.6 is 0 Å². The molecule has 0 spiro atoms. The lowest BCUT2D eigenvalue weighted by molar-refractivity contribution is 0.164. The maximum Gasteiger partial charge on any atom is 0.0233 e. The minimum absolute atomic E-state index is 0.602. The summed E-state index contributed by atoms with van der Waals surface area (Å²) in [5.41, 5.74) is 4.27. The quantitative estimate of drug-likeness (QED) is 0.884. The molecule has 1 aliphatic rings. The topological polar surface area (TPSA) is 15.3 Å². The van der Waals surface area contributed by atoms with Crippen molar-refractivity contribution in [1.82, 2.24) is 10.2 Å². The molecular formula is C18H30N2. The largest absolute Gasteiger partial charge is 0.314 e. The van der Waals surface area contributed by atoms with Gasteiger partial charge in [0.1, 0.15) is 0 Å². The predicted molar refractivity (Wildman–Crippen MR) is 87.1 cm³/mol. The highest BCUT2D eigenvalue weighted by Crippen LogP contribution is 2.19. The van der Waals surface area contributed by atoms with Crippen LogP contribution in [0, 0.1) is 19.8 Å². The number of aryl methyl sites for hydroxylation is 2. The Morgan fingerprint density at radius 2 is 2.05 bits per heavy atom. The second-order valence-corrected chi connectivity index (χ2v) is 6.72. The van der Waals surface area contributed by atoms with Gasteiger partial charge in [0.15, 0.2) is 0 Å². The average Bonchev–Trinajstić information content (AvgIpc) is 2.41. The van der Waals surface area contributed by atoms with Gasteiger partial charge < -0.3 is 5.32 Å². The van der Waals surface area contributed by atoms with Crippen LogP contribution in [0.25, 0.3) is 0 Å². The van der Waals surface area contributed by atoms with Gasteiger partial charge in [-0.25, -0.2) is 0 Å². The van der Waals surface area contributed by atoms with Gasteiger partial charge >= 0.3 is 0 Å². The summed E-state index contributed by atoms with van der Waals surface area (Å²) in [7, 11) is 0. The number of benzene rings is 1. The lowest BCUT2D eigenvalue weighted by Gasteiger charge is -2.33. The molecule has 1 N–H and O–H groups in total. The van der Waals surface area contributed by atoms with E-state index >= 15 is 0 Å². The number of hydrogen-bond acceptors (Lipinski definition) is 2. The molecule has 2 heteroatoms. The Kier molecular flexibility index (Phi) is 5.62. The van der Waals surface area contributed by atoms with E-state index in [0.29, 0.717) is 6.04 Å². The third-order valence-corrected chi connectivity index (χ3v) is 4.40. The zero-order valence-electron chi connectivity index (χ0n) is 13.6. The van der Waals surface area contributed by atoms with Crippen LogP contribution in [0.3, 0.4) is 0 Å². The van der Waals surface area contributed by atoms with E-state index in [1.807, 2.05) is 0 Å². The first-order valence-corrected chi connectivity index (χ1v) is 8.06. The Morgan fingerprint density at radius 3 is 2.75 bits per heavy atom. The van der Waals surface area contributed by atoms with Gasteiger partial charge in [-0.2, -0.15) is 0 Å². The van der Waals surface area contributed by atoms with E-state index in [9.17, 15) is 0 Å². The van der Waals surface area contributed by atoms with Gasteiger partial charge in [-0.1, -0.05) is 32.0 Å². The molecule has 1 aliphatic heterocycles. The third kappa shape index (κ3) is 4.60. The molecule has 0 aliphatic carbocycles. The van der Waals surface area contributed by atoms with Crippen LogP contribution in [0.15, 0.2) is 18.2 Å². The minimum atomic E-state index is 0.602. The van der Waals surface area contributed by atoms with Crippen LogP contribution in [-0.4, -0.2) is 30.6 Å².